The Hall–Kier alpha value is -5.51. The van der Waals surface area contributed by atoms with E-state index < -0.39 is 5.97 Å². The van der Waals surface area contributed by atoms with Gasteiger partial charge in [-0.05, 0) is 85.0 Å². The number of fused-ring (bicyclic) bond motifs is 2. The number of esters is 3. The van der Waals surface area contributed by atoms with Gasteiger partial charge in [-0.3, -0.25) is 4.79 Å². The number of rotatable bonds is 8. The monoisotopic (exact) mass is 718 g/mol. The van der Waals surface area contributed by atoms with Gasteiger partial charge in [0.2, 0.25) is 0 Å². The van der Waals surface area contributed by atoms with Crippen molar-refractivity contribution >= 4 is 39.7 Å². The number of hydrogen-bond acceptors (Lipinski definition) is 8. The van der Waals surface area contributed by atoms with Gasteiger partial charge in [0.05, 0.1) is 74.4 Å². The molecule has 4 aromatic heterocycles. The second-order valence-corrected chi connectivity index (χ2v) is 14.0. The second-order valence-electron chi connectivity index (χ2n) is 14.0. The van der Waals surface area contributed by atoms with E-state index in [9.17, 15) is 14.4 Å². The molecule has 276 valence electrons. The van der Waals surface area contributed by atoms with Crippen molar-refractivity contribution in [2.75, 3.05) is 21.3 Å². The fraction of sp³-hybridized carbons (Fsp3) is 0.372. The molecule has 0 bridgehead atoms. The minimum atomic E-state index is -0.401. The third kappa shape index (κ3) is 7.27. The lowest BCUT2D eigenvalue weighted by Gasteiger charge is -2.23. The van der Waals surface area contributed by atoms with E-state index >= 15 is 0 Å². The van der Waals surface area contributed by atoms with Gasteiger partial charge in [-0.2, -0.15) is 0 Å². The lowest BCUT2D eigenvalue weighted by molar-refractivity contribution is -0.141. The lowest BCUT2D eigenvalue weighted by Crippen LogP contribution is -2.13. The van der Waals surface area contributed by atoms with Crippen LogP contribution in [0, 0.1) is 0 Å². The number of benzene rings is 2. The Morgan fingerprint density at radius 1 is 0.679 bits per heavy atom. The quantitative estimate of drug-likeness (QED) is 0.122. The maximum Gasteiger partial charge on any atom is 0.337 e. The Labute approximate surface area is 308 Å². The molecule has 2 fully saturated rings. The van der Waals surface area contributed by atoms with E-state index in [-0.39, 0.29) is 18.5 Å². The molecule has 0 saturated heterocycles. The van der Waals surface area contributed by atoms with Crippen LogP contribution in [-0.2, 0) is 25.5 Å². The molecule has 10 heteroatoms. The number of carbonyl (C=O) groups is 3. The van der Waals surface area contributed by atoms with Gasteiger partial charge in [-0.15, -0.1) is 0 Å². The molecule has 1 N–H and O–H groups in total. The highest BCUT2D eigenvalue weighted by Gasteiger charge is 2.29. The van der Waals surface area contributed by atoms with Crippen LogP contribution < -0.4 is 0 Å². The number of methoxy groups -OCH3 is 3. The van der Waals surface area contributed by atoms with Gasteiger partial charge in [-0.25, -0.2) is 9.59 Å². The van der Waals surface area contributed by atoms with Gasteiger partial charge < -0.3 is 32.6 Å². The minimum Gasteiger partial charge on any atom is -0.472 e. The number of ether oxygens (including phenoxy) is 3. The number of H-pyrrole nitrogens is 1. The van der Waals surface area contributed by atoms with Crippen molar-refractivity contribution in [3.63, 3.8) is 0 Å². The summed E-state index contributed by atoms with van der Waals surface area (Å²) < 4.78 is 27.3. The molecule has 0 amide bonds. The molecule has 0 atom stereocenters. The van der Waals surface area contributed by atoms with Gasteiger partial charge in [0.15, 0.2) is 0 Å². The lowest BCUT2D eigenvalue weighted by atomic mass is 9.82. The number of aromatic amines is 1. The first-order valence-corrected chi connectivity index (χ1v) is 18.5. The summed E-state index contributed by atoms with van der Waals surface area (Å²) in [4.78, 5) is 39.7. The van der Waals surface area contributed by atoms with Crippen molar-refractivity contribution in [2.45, 2.75) is 82.6 Å². The third-order valence-electron chi connectivity index (χ3n) is 10.9. The number of hydrogen-bond donors (Lipinski definition) is 1. The number of nitrogens with zero attached hydrogens (tertiary/aromatic N) is 1. The summed E-state index contributed by atoms with van der Waals surface area (Å²) in [5.74, 6) is -0.0944. The zero-order chi connectivity index (χ0) is 36.9. The molecule has 0 spiro atoms. The Bertz CT molecular complexity index is 2190. The fourth-order valence-electron chi connectivity index (χ4n) is 8.41. The van der Waals surface area contributed by atoms with E-state index in [0.29, 0.717) is 23.0 Å². The zero-order valence-corrected chi connectivity index (χ0v) is 30.6. The minimum absolute atomic E-state index is 0.0604. The molecular formula is C43H46N2O8. The second kappa shape index (κ2) is 16.0. The summed E-state index contributed by atoms with van der Waals surface area (Å²) in [5.41, 5.74) is 9.49. The molecule has 10 nitrogen and oxygen atoms in total. The van der Waals surface area contributed by atoms with Gasteiger partial charge in [0.1, 0.15) is 6.54 Å². The van der Waals surface area contributed by atoms with Gasteiger partial charge in [-0.1, -0.05) is 50.7 Å². The van der Waals surface area contributed by atoms with Crippen LogP contribution in [0.5, 0.6) is 0 Å². The molecular weight excluding hydrogens is 672 g/mol. The highest BCUT2D eigenvalue weighted by Crippen LogP contribution is 2.45. The van der Waals surface area contributed by atoms with E-state index in [2.05, 4.69) is 4.98 Å². The Kier molecular flexibility index (Phi) is 10.8. The first kappa shape index (κ1) is 35.9. The van der Waals surface area contributed by atoms with Crippen LogP contribution in [0.3, 0.4) is 0 Å². The first-order chi connectivity index (χ1) is 25.9. The largest absolute Gasteiger partial charge is 0.472 e. The standard InChI is InChI=1S/C23H25NO5.C20H21NO3/c1-27-20(25)13-24-19-12-16(23(26)28-2)8-9-18(19)21(15-6-4-3-5-7-15)22(24)17-10-11-29-14-17;1-23-20(22)14-7-8-16-17(11-14)21-19(15-9-10-24-12-15)18(16)13-5-3-2-4-6-13/h8-12,14-15H,3-7,13H2,1-2H3;7-13,21H,2-6H2,1H3. The molecule has 0 aliphatic heterocycles. The van der Waals surface area contributed by atoms with Crippen molar-refractivity contribution < 1.29 is 37.4 Å². The van der Waals surface area contributed by atoms with E-state index in [1.807, 2.05) is 41.0 Å². The van der Waals surface area contributed by atoms with Crippen molar-refractivity contribution in [2.24, 2.45) is 0 Å². The molecule has 0 unspecified atom stereocenters. The van der Waals surface area contributed by atoms with Crippen molar-refractivity contribution in [1.82, 2.24) is 9.55 Å². The predicted octanol–water partition coefficient (Wildman–Crippen LogP) is 10.2. The summed E-state index contributed by atoms with van der Waals surface area (Å²) >= 11 is 0. The molecule has 0 radical (unpaired) electrons. The van der Waals surface area contributed by atoms with Crippen LogP contribution in [0.25, 0.3) is 44.3 Å². The first-order valence-electron chi connectivity index (χ1n) is 18.5. The smallest absolute Gasteiger partial charge is 0.337 e. The van der Waals surface area contributed by atoms with Crippen LogP contribution in [0.2, 0.25) is 0 Å². The Balaban J connectivity index is 0.000000167. The summed E-state index contributed by atoms with van der Waals surface area (Å²) in [6, 6.07) is 15.3. The molecule has 2 aliphatic carbocycles. The molecule has 2 aliphatic rings. The van der Waals surface area contributed by atoms with Crippen molar-refractivity contribution in [3.05, 3.63) is 95.8 Å². The predicted molar refractivity (Wildman–Crippen MR) is 202 cm³/mol. The number of carbonyl (C=O) groups excluding carboxylic acids is 3. The van der Waals surface area contributed by atoms with E-state index in [1.165, 1.54) is 89.2 Å². The summed E-state index contributed by atoms with van der Waals surface area (Å²) in [5, 5.41) is 2.26. The van der Waals surface area contributed by atoms with Crippen LogP contribution in [0.1, 0.15) is 108 Å². The van der Waals surface area contributed by atoms with E-state index in [4.69, 9.17) is 23.0 Å². The molecule has 53 heavy (non-hydrogen) atoms. The average molecular weight is 719 g/mol. The average Bonchev–Trinajstić information content (AvgIpc) is 4.04. The number of furan rings is 2. The third-order valence-corrected chi connectivity index (χ3v) is 10.9. The Morgan fingerprint density at radius 3 is 1.81 bits per heavy atom. The molecule has 2 aromatic carbocycles. The highest BCUT2D eigenvalue weighted by molar-refractivity contribution is 6.00. The Morgan fingerprint density at radius 2 is 1.25 bits per heavy atom. The number of nitrogens with one attached hydrogen (secondary N) is 1. The van der Waals surface area contributed by atoms with Gasteiger partial charge in [0.25, 0.3) is 0 Å². The highest BCUT2D eigenvalue weighted by atomic mass is 16.5. The summed E-state index contributed by atoms with van der Waals surface area (Å²) in [6.45, 7) is 0.0604. The maximum absolute atomic E-state index is 12.2. The van der Waals surface area contributed by atoms with Crippen LogP contribution in [0.4, 0.5) is 0 Å². The zero-order valence-electron chi connectivity index (χ0n) is 30.6. The summed E-state index contributed by atoms with van der Waals surface area (Å²) in [6.07, 6.45) is 19.0. The fourth-order valence-corrected chi connectivity index (χ4v) is 8.41. The van der Waals surface area contributed by atoms with Crippen LogP contribution in [0.15, 0.2) is 82.4 Å². The summed E-state index contributed by atoms with van der Waals surface area (Å²) in [7, 11) is 4.16. The molecule has 8 rings (SSSR count). The van der Waals surface area contributed by atoms with Crippen LogP contribution >= 0.6 is 0 Å². The molecule has 2 saturated carbocycles. The topological polar surface area (TPSA) is 126 Å². The van der Waals surface area contributed by atoms with Crippen molar-refractivity contribution in [3.8, 4) is 22.5 Å². The van der Waals surface area contributed by atoms with Crippen molar-refractivity contribution in [1.29, 1.82) is 0 Å². The van der Waals surface area contributed by atoms with E-state index in [1.54, 1.807) is 37.2 Å². The van der Waals surface area contributed by atoms with Gasteiger partial charge in [0, 0.05) is 27.4 Å². The number of aromatic nitrogens is 2. The van der Waals surface area contributed by atoms with Crippen LogP contribution in [-0.4, -0.2) is 48.8 Å². The molecule has 6 aromatic rings. The maximum atomic E-state index is 12.2. The van der Waals surface area contributed by atoms with Gasteiger partial charge >= 0.3 is 17.9 Å². The van der Waals surface area contributed by atoms with E-state index in [0.717, 1.165) is 51.8 Å². The normalized spacial score (nSPS) is 15.2. The molecule has 4 heterocycles. The SMILES string of the molecule is COC(=O)Cn1c(-c2ccoc2)c(C2CCCCC2)c2ccc(C(=O)OC)cc21.COC(=O)c1ccc2c(C3CCCCC3)c(-c3ccoc3)[nH]c2c1.